The summed E-state index contributed by atoms with van der Waals surface area (Å²) in [4.78, 5) is 11.9. The van der Waals surface area contributed by atoms with Gasteiger partial charge in [0.15, 0.2) is 0 Å². The Morgan fingerprint density at radius 2 is 1.64 bits per heavy atom. The lowest BCUT2D eigenvalue weighted by atomic mass is 9.93. The van der Waals surface area contributed by atoms with Gasteiger partial charge in [0.1, 0.15) is 23.7 Å². The van der Waals surface area contributed by atoms with Gasteiger partial charge in [-0.3, -0.25) is 4.79 Å². The van der Waals surface area contributed by atoms with Crippen LogP contribution in [-0.4, -0.2) is 44.3 Å². The standard InChI is InChI=1S/C26H36N4O3/c1-17(27)19-13-20(15-23(14-19)32-21-5-9-29-10-6-21)26-18(16-25(28)31)3-2-4-24(26)33-22-7-11-30-12-8-22/h2-4,13-15,17,21-22,29-30H,5-12,16,27H2,1H3,(H2,28,31). The van der Waals surface area contributed by atoms with Gasteiger partial charge in [0.05, 0.1) is 6.42 Å². The van der Waals surface area contributed by atoms with Crippen LogP contribution >= 0.6 is 0 Å². The second kappa shape index (κ2) is 11.0. The van der Waals surface area contributed by atoms with E-state index in [2.05, 4.69) is 16.7 Å². The van der Waals surface area contributed by atoms with Crippen molar-refractivity contribution in [2.45, 2.75) is 57.3 Å². The molecule has 0 aliphatic carbocycles. The molecule has 2 aromatic carbocycles. The first kappa shape index (κ1) is 23.5. The summed E-state index contributed by atoms with van der Waals surface area (Å²) in [6, 6.07) is 11.9. The average molecular weight is 453 g/mol. The van der Waals surface area contributed by atoms with E-state index in [-0.39, 0.29) is 30.6 Å². The van der Waals surface area contributed by atoms with E-state index in [1.54, 1.807) is 0 Å². The van der Waals surface area contributed by atoms with Crippen LogP contribution in [-0.2, 0) is 11.2 Å². The summed E-state index contributed by atoms with van der Waals surface area (Å²) >= 11 is 0. The summed E-state index contributed by atoms with van der Waals surface area (Å²) in [5, 5.41) is 6.75. The molecule has 0 spiro atoms. The lowest BCUT2D eigenvalue weighted by Crippen LogP contribution is -2.34. The number of benzene rings is 2. The fraction of sp³-hybridized carbons (Fsp3) is 0.500. The number of nitrogens with one attached hydrogen (secondary N) is 2. The van der Waals surface area contributed by atoms with Gasteiger partial charge in [0.25, 0.3) is 0 Å². The van der Waals surface area contributed by atoms with Crippen molar-refractivity contribution in [1.29, 1.82) is 0 Å². The molecule has 0 radical (unpaired) electrons. The summed E-state index contributed by atoms with van der Waals surface area (Å²) in [6.45, 7) is 5.76. The molecule has 2 saturated heterocycles. The lowest BCUT2D eigenvalue weighted by molar-refractivity contribution is -0.117. The van der Waals surface area contributed by atoms with Crippen molar-refractivity contribution in [3.63, 3.8) is 0 Å². The van der Waals surface area contributed by atoms with Crippen LogP contribution in [0.2, 0.25) is 0 Å². The Hall–Kier alpha value is -2.61. The summed E-state index contributed by atoms with van der Waals surface area (Å²) in [6.07, 6.45) is 4.29. The molecule has 7 nitrogen and oxygen atoms in total. The normalized spacial score (nSPS) is 18.6. The highest BCUT2D eigenvalue weighted by Gasteiger charge is 2.21. The van der Waals surface area contributed by atoms with E-state index in [1.807, 2.05) is 37.3 Å². The van der Waals surface area contributed by atoms with Crippen LogP contribution in [0.25, 0.3) is 11.1 Å². The third-order valence-electron chi connectivity index (χ3n) is 6.39. The van der Waals surface area contributed by atoms with E-state index >= 15 is 0 Å². The quantitative estimate of drug-likeness (QED) is 0.490. The highest BCUT2D eigenvalue weighted by molar-refractivity contribution is 5.83. The van der Waals surface area contributed by atoms with Gasteiger partial charge in [-0.05, 0) is 99.7 Å². The predicted octanol–water partition coefficient (Wildman–Crippen LogP) is 2.66. The van der Waals surface area contributed by atoms with E-state index < -0.39 is 0 Å². The molecule has 1 atom stereocenters. The van der Waals surface area contributed by atoms with E-state index in [4.69, 9.17) is 20.9 Å². The number of primary amides is 1. The number of nitrogens with two attached hydrogens (primary N) is 2. The minimum Gasteiger partial charge on any atom is -0.490 e. The Morgan fingerprint density at radius 1 is 1.00 bits per heavy atom. The number of hydrogen-bond donors (Lipinski definition) is 4. The Bertz CT molecular complexity index is 951. The fourth-order valence-electron chi connectivity index (χ4n) is 4.63. The predicted molar refractivity (Wildman–Crippen MR) is 130 cm³/mol. The zero-order valence-corrected chi connectivity index (χ0v) is 19.4. The van der Waals surface area contributed by atoms with Gasteiger partial charge in [0, 0.05) is 11.6 Å². The van der Waals surface area contributed by atoms with Crippen LogP contribution in [0, 0.1) is 0 Å². The second-order valence-corrected chi connectivity index (χ2v) is 9.15. The molecule has 33 heavy (non-hydrogen) atoms. The minimum absolute atomic E-state index is 0.135. The molecule has 2 fully saturated rings. The Balaban J connectivity index is 1.75. The maximum atomic E-state index is 11.9. The van der Waals surface area contributed by atoms with Gasteiger partial charge in [-0.1, -0.05) is 12.1 Å². The average Bonchev–Trinajstić information content (AvgIpc) is 2.80. The van der Waals surface area contributed by atoms with Crippen molar-refractivity contribution in [2.24, 2.45) is 11.5 Å². The molecule has 178 valence electrons. The monoisotopic (exact) mass is 452 g/mol. The molecule has 2 aliphatic rings. The molecular weight excluding hydrogens is 416 g/mol. The van der Waals surface area contributed by atoms with Gasteiger partial charge >= 0.3 is 0 Å². The van der Waals surface area contributed by atoms with Crippen LogP contribution in [0.1, 0.15) is 49.8 Å². The minimum atomic E-state index is -0.371. The number of rotatable bonds is 8. The first-order valence-electron chi connectivity index (χ1n) is 12.1. The fourth-order valence-corrected chi connectivity index (χ4v) is 4.63. The van der Waals surface area contributed by atoms with E-state index in [1.165, 1.54) is 0 Å². The first-order valence-corrected chi connectivity index (χ1v) is 12.1. The molecule has 7 heteroatoms. The molecule has 1 unspecified atom stereocenters. The molecule has 2 aromatic rings. The third kappa shape index (κ3) is 6.25. The Labute approximate surface area is 196 Å². The zero-order chi connectivity index (χ0) is 23.2. The molecule has 6 N–H and O–H groups in total. The van der Waals surface area contributed by atoms with Crippen LogP contribution in [0.5, 0.6) is 11.5 Å². The van der Waals surface area contributed by atoms with Crippen LogP contribution < -0.4 is 31.6 Å². The summed E-state index contributed by atoms with van der Waals surface area (Å²) in [7, 11) is 0. The maximum Gasteiger partial charge on any atom is 0.221 e. The summed E-state index contributed by atoms with van der Waals surface area (Å²) in [5.41, 5.74) is 15.6. The number of ether oxygens (including phenoxy) is 2. The lowest BCUT2D eigenvalue weighted by Gasteiger charge is -2.27. The number of amides is 1. The molecule has 2 heterocycles. The molecular formula is C26H36N4O3. The van der Waals surface area contributed by atoms with E-state index in [9.17, 15) is 4.79 Å². The van der Waals surface area contributed by atoms with E-state index in [0.717, 1.165) is 85.6 Å². The van der Waals surface area contributed by atoms with E-state index in [0.29, 0.717) is 0 Å². The molecule has 0 aromatic heterocycles. The van der Waals surface area contributed by atoms with Crippen molar-refractivity contribution in [3.8, 4) is 22.6 Å². The second-order valence-electron chi connectivity index (χ2n) is 9.15. The largest absolute Gasteiger partial charge is 0.490 e. The summed E-state index contributed by atoms with van der Waals surface area (Å²) < 4.78 is 12.9. The van der Waals surface area contributed by atoms with Gasteiger partial charge in [-0.2, -0.15) is 0 Å². The number of piperidine rings is 2. The molecule has 1 amide bonds. The highest BCUT2D eigenvalue weighted by Crippen LogP contribution is 2.38. The SMILES string of the molecule is CC(N)c1cc(OC2CCNCC2)cc(-c2c(CC(N)=O)cccc2OC2CCNCC2)c1. The van der Waals surface area contributed by atoms with Crippen LogP contribution in [0.15, 0.2) is 36.4 Å². The Kier molecular flexibility index (Phi) is 7.85. The van der Waals surface area contributed by atoms with Crippen molar-refractivity contribution < 1.29 is 14.3 Å². The smallest absolute Gasteiger partial charge is 0.221 e. The van der Waals surface area contributed by atoms with Gasteiger partial charge < -0.3 is 31.6 Å². The Morgan fingerprint density at radius 3 is 2.24 bits per heavy atom. The molecule has 0 bridgehead atoms. The topological polar surface area (TPSA) is 112 Å². The molecule has 2 aliphatic heterocycles. The first-order chi connectivity index (χ1) is 16.0. The number of carbonyl (C=O) groups is 1. The van der Waals surface area contributed by atoms with Crippen molar-refractivity contribution in [1.82, 2.24) is 10.6 Å². The van der Waals surface area contributed by atoms with Crippen molar-refractivity contribution >= 4 is 5.91 Å². The molecule has 0 saturated carbocycles. The third-order valence-corrected chi connectivity index (χ3v) is 6.39. The van der Waals surface area contributed by atoms with Crippen molar-refractivity contribution in [2.75, 3.05) is 26.2 Å². The number of hydrogen-bond acceptors (Lipinski definition) is 6. The van der Waals surface area contributed by atoms with Crippen LogP contribution in [0.3, 0.4) is 0 Å². The van der Waals surface area contributed by atoms with Gasteiger partial charge in [-0.25, -0.2) is 0 Å². The van der Waals surface area contributed by atoms with Gasteiger partial charge in [-0.15, -0.1) is 0 Å². The van der Waals surface area contributed by atoms with Crippen molar-refractivity contribution in [3.05, 3.63) is 47.5 Å². The maximum absolute atomic E-state index is 11.9. The van der Waals surface area contributed by atoms with Gasteiger partial charge in [0.2, 0.25) is 5.91 Å². The van der Waals surface area contributed by atoms with Crippen LogP contribution in [0.4, 0.5) is 0 Å². The highest BCUT2D eigenvalue weighted by atomic mass is 16.5. The molecule has 4 rings (SSSR count). The zero-order valence-electron chi connectivity index (χ0n) is 19.4. The number of carbonyl (C=O) groups excluding carboxylic acids is 1. The summed E-state index contributed by atoms with van der Waals surface area (Å²) in [5.74, 6) is 1.20.